The van der Waals surface area contributed by atoms with E-state index in [1.807, 2.05) is 13.8 Å². The van der Waals surface area contributed by atoms with E-state index in [4.69, 9.17) is 5.11 Å². The molecule has 1 N–H and O–H groups in total. The van der Waals surface area contributed by atoms with Crippen molar-refractivity contribution in [2.45, 2.75) is 57.4 Å². The average molecular weight is 236 g/mol. The van der Waals surface area contributed by atoms with Crippen molar-refractivity contribution in [1.82, 2.24) is 0 Å². The molecule has 2 atom stereocenters. The third-order valence-electron chi connectivity index (χ3n) is 2.25. The zero-order valence-corrected chi connectivity index (χ0v) is 10.4. The van der Waals surface area contributed by atoms with E-state index in [1.54, 1.807) is 0 Å². The number of halogens is 1. The predicted molar refractivity (Wildman–Crippen MR) is 63.2 cm³/mol. The number of aliphatic carboxylic acids is 1. The minimum Gasteiger partial charge on any atom is -0.480 e. The molecule has 15 heavy (non-hydrogen) atoms. The maximum absolute atomic E-state index is 12.8. The van der Waals surface area contributed by atoms with Gasteiger partial charge in [0.1, 0.15) is 5.25 Å². The first-order valence-electron chi connectivity index (χ1n) is 5.60. The minimum absolute atomic E-state index is 0.310. The van der Waals surface area contributed by atoms with E-state index < -0.39 is 12.1 Å². The quantitative estimate of drug-likeness (QED) is 0.622. The second-order valence-corrected chi connectivity index (χ2v) is 4.94. The molecule has 0 rings (SSSR count). The van der Waals surface area contributed by atoms with Gasteiger partial charge in [-0.15, -0.1) is 11.8 Å². The molecule has 2 unspecified atom stereocenters. The van der Waals surface area contributed by atoms with E-state index in [1.165, 1.54) is 11.8 Å². The van der Waals surface area contributed by atoms with Crippen molar-refractivity contribution in [2.24, 2.45) is 0 Å². The van der Waals surface area contributed by atoms with Gasteiger partial charge in [0.25, 0.3) is 0 Å². The minimum atomic E-state index is -0.742. The molecule has 0 spiro atoms. The lowest BCUT2D eigenvalue weighted by Gasteiger charge is -2.11. The molecule has 0 aliphatic heterocycles. The van der Waals surface area contributed by atoms with Crippen LogP contribution in [0.1, 0.15) is 46.0 Å². The third-order valence-corrected chi connectivity index (χ3v) is 3.61. The summed E-state index contributed by atoms with van der Waals surface area (Å²) in [5, 5.41) is 8.55. The van der Waals surface area contributed by atoms with Gasteiger partial charge in [0, 0.05) is 0 Å². The van der Waals surface area contributed by atoms with Crippen molar-refractivity contribution in [3.8, 4) is 0 Å². The zero-order valence-electron chi connectivity index (χ0n) is 9.54. The highest BCUT2D eigenvalue weighted by Crippen LogP contribution is 2.19. The molecule has 0 aromatic rings. The third kappa shape index (κ3) is 7.65. The summed E-state index contributed by atoms with van der Waals surface area (Å²) < 4.78 is 12.8. The molecule has 2 nitrogen and oxygen atoms in total. The first kappa shape index (κ1) is 14.8. The van der Waals surface area contributed by atoms with Crippen LogP contribution < -0.4 is 0 Å². The van der Waals surface area contributed by atoms with E-state index in [-0.39, 0.29) is 5.25 Å². The van der Waals surface area contributed by atoms with Crippen LogP contribution in [0.3, 0.4) is 0 Å². The topological polar surface area (TPSA) is 37.3 Å². The van der Waals surface area contributed by atoms with Crippen LogP contribution in [0.5, 0.6) is 0 Å². The van der Waals surface area contributed by atoms with E-state index in [2.05, 4.69) is 0 Å². The number of carbonyl (C=O) groups is 1. The highest BCUT2D eigenvalue weighted by Gasteiger charge is 2.16. The molecule has 0 heterocycles. The molecule has 0 fully saturated rings. The number of carboxylic acids is 1. The van der Waals surface area contributed by atoms with E-state index in [0.29, 0.717) is 19.3 Å². The summed E-state index contributed by atoms with van der Waals surface area (Å²) in [7, 11) is 0. The largest absolute Gasteiger partial charge is 0.480 e. The highest BCUT2D eigenvalue weighted by molar-refractivity contribution is 8.00. The van der Waals surface area contributed by atoms with Crippen molar-refractivity contribution in [1.29, 1.82) is 0 Å². The predicted octanol–water partition coefficient (Wildman–Crippen LogP) is 3.50. The first-order chi connectivity index (χ1) is 7.11. The van der Waals surface area contributed by atoms with Gasteiger partial charge in [0.05, 0.1) is 6.17 Å². The van der Waals surface area contributed by atoms with Gasteiger partial charge in [-0.3, -0.25) is 4.79 Å². The second kappa shape index (κ2) is 9.01. The number of hydrogen-bond donors (Lipinski definition) is 1. The maximum Gasteiger partial charge on any atom is 0.316 e. The lowest BCUT2D eigenvalue weighted by atomic mass is 10.2. The number of rotatable bonds is 9. The summed E-state index contributed by atoms with van der Waals surface area (Å²) in [6.45, 7) is 3.81. The Bertz CT molecular complexity index is 176. The van der Waals surface area contributed by atoms with Gasteiger partial charge in [-0.05, 0) is 31.4 Å². The standard InChI is InChI=1S/C11H21FO2S/c1-3-6-10(11(13)14)15-8-5-7-9(12)4-2/h9-10H,3-8H2,1-2H3,(H,13,14). The Morgan fingerprint density at radius 3 is 2.53 bits per heavy atom. The number of carboxylic acid groups (broad SMARTS) is 1. The monoisotopic (exact) mass is 236 g/mol. The Morgan fingerprint density at radius 1 is 1.40 bits per heavy atom. The van der Waals surface area contributed by atoms with Crippen LogP contribution in [0, 0.1) is 0 Å². The van der Waals surface area contributed by atoms with Crippen LogP contribution in [0.25, 0.3) is 0 Å². The van der Waals surface area contributed by atoms with E-state index in [9.17, 15) is 9.18 Å². The Morgan fingerprint density at radius 2 is 2.07 bits per heavy atom. The molecule has 0 bridgehead atoms. The van der Waals surface area contributed by atoms with Crippen LogP contribution in [-0.2, 0) is 4.79 Å². The van der Waals surface area contributed by atoms with Crippen molar-refractivity contribution in [2.75, 3.05) is 5.75 Å². The summed E-state index contributed by atoms with van der Waals surface area (Å²) in [5.41, 5.74) is 0. The van der Waals surface area contributed by atoms with Crippen LogP contribution in [0.4, 0.5) is 4.39 Å². The molecule has 4 heteroatoms. The van der Waals surface area contributed by atoms with Gasteiger partial charge in [-0.1, -0.05) is 20.3 Å². The van der Waals surface area contributed by atoms with Crippen LogP contribution in [0.2, 0.25) is 0 Å². The molecule has 0 aromatic heterocycles. The SMILES string of the molecule is CCCC(SCCCC(F)CC)C(=O)O. The van der Waals surface area contributed by atoms with Gasteiger partial charge >= 0.3 is 5.97 Å². The fourth-order valence-electron chi connectivity index (χ4n) is 1.27. The van der Waals surface area contributed by atoms with E-state index in [0.717, 1.165) is 18.6 Å². The molecule has 0 radical (unpaired) electrons. The highest BCUT2D eigenvalue weighted by atomic mass is 32.2. The van der Waals surface area contributed by atoms with E-state index >= 15 is 0 Å². The molecule has 90 valence electrons. The lowest BCUT2D eigenvalue weighted by molar-refractivity contribution is -0.136. The van der Waals surface area contributed by atoms with Gasteiger partial charge in [-0.25, -0.2) is 4.39 Å². The van der Waals surface area contributed by atoms with Gasteiger partial charge in [-0.2, -0.15) is 0 Å². The fraction of sp³-hybridized carbons (Fsp3) is 0.909. The summed E-state index contributed by atoms with van der Waals surface area (Å²) in [4.78, 5) is 10.8. The smallest absolute Gasteiger partial charge is 0.316 e. The normalized spacial score (nSPS) is 14.9. The maximum atomic E-state index is 12.8. The van der Waals surface area contributed by atoms with Gasteiger partial charge < -0.3 is 5.11 Å². The Kier molecular flexibility index (Phi) is 8.86. The second-order valence-electron chi connectivity index (χ2n) is 3.63. The molecular formula is C11H21FO2S. The molecule has 0 aliphatic carbocycles. The lowest BCUT2D eigenvalue weighted by Crippen LogP contribution is -2.16. The van der Waals surface area contributed by atoms with Gasteiger partial charge in [0.15, 0.2) is 0 Å². The number of alkyl halides is 1. The first-order valence-corrected chi connectivity index (χ1v) is 6.65. The Labute approximate surface area is 95.6 Å². The molecule has 0 amide bonds. The Balaban J connectivity index is 3.58. The molecule has 0 saturated heterocycles. The Hall–Kier alpha value is -0.250. The average Bonchev–Trinajstić information content (AvgIpc) is 2.21. The molecular weight excluding hydrogens is 215 g/mol. The number of hydrogen-bond acceptors (Lipinski definition) is 2. The number of thioether (sulfide) groups is 1. The van der Waals surface area contributed by atoms with Crippen LogP contribution in [-0.4, -0.2) is 28.3 Å². The molecule has 0 aromatic carbocycles. The molecule has 0 saturated carbocycles. The van der Waals surface area contributed by atoms with Crippen LogP contribution in [0.15, 0.2) is 0 Å². The van der Waals surface area contributed by atoms with Crippen LogP contribution >= 0.6 is 11.8 Å². The van der Waals surface area contributed by atoms with Crippen molar-refractivity contribution in [3.63, 3.8) is 0 Å². The summed E-state index contributed by atoms with van der Waals surface area (Å²) in [6.07, 6.45) is 2.74. The molecule has 0 aliphatic rings. The van der Waals surface area contributed by atoms with Gasteiger partial charge in [0.2, 0.25) is 0 Å². The summed E-state index contributed by atoms with van der Waals surface area (Å²) in [6, 6.07) is 0. The van der Waals surface area contributed by atoms with Crippen molar-refractivity contribution in [3.05, 3.63) is 0 Å². The summed E-state index contributed by atoms with van der Waals surface area (Å²) >= 11 is 1.44. The van der Waals surface area contributed by atoms with Crippen molar-refractivity contribution >= 4 is 17.7 Å². The van der Waals surface area contributed by atoms with Crippen molar-refractivity contribution < 1.29 is 14.3 Å². The fourth-order valence-corrected chi connectivity index (χ4v) is 2.44. The summed E-state index contributed by atoms with van der Waals surface area (Å²) in [5.74, 6) is 0.00587. The zero-order chi connectivity index (χ0) is 11.7.